The number of halogens is 1. The Labute approximate surface area is 101 Å². The fraction of sp³-hybridized carbons (Fsp3) is 0.500. The van der Waals surface area contributed by atoms with Crippen LogP contribution in [0.25, 0.3) is 0 Å². The number of carbonyl (C=O) groups excluding carboxylic acids is 1. The molecule has 0 saturated heterocycles. The van der Waals surface area contributed by atoms with Crippen LogP contribution in [-0.4, -0.2) is 18.5 Å². The van der Waals surface area contributed by atoms with Crippen LogP contribution in [-0.2, 0) is 16.0 Å². The van der Waals surface area contributed by atoms with Gasteiger partial charge in [0.15, 0.2) is 5.78 Å². The molecule has 0 aromatic heterocycles. The third-order valence-corrected chi connectivity index (χ3v) is 3.01. The van der Waals surface area contributed by atoms with Crippen LogP contribution >= 0.6 is 0 Å². The van der Waals surface area contributed by atoms with Crippen molar-refractivity contribution in [3.05, 3.63) is 35.6 Å². The summed E-state index contributed by atoms with van der Waals surface area (Å²) in [7, 11) is 0. The first-order chi connectivity index (χ1) is 8.20. The van der Waals surface area contributed by atoms with Gasteiger partial charge in [0.1, 0.15) is 11.9 Å². The lowest BCUT2D eigenvalue weighted by Gasteiger charge is -2.14. The quantitative estimate of drug-likeness (QED) is 0.759. The highest BCUT2D eigenvalue weighted by Crippen LogP contribution is 2.35. The maximum Gasteiger partial charge on any atom is 0.166 e. The van der Waals surface area contributed by atoms with Gasteiger partial charge in [0.2, 0.25) is 0 Å². The van der Waals surface area contributed by atoms with Crippen LogP contribution in [0.4, 0.5) is 4.39 Å². The number of rotatable bonds is 6. The minimum Gasteiger partial charge on any atom is -0.370 e. The van der Waals surface area contributed by atoms with Crippen molar-refractivity contribution in [3.8, 4) is 0 Å². The summed E-state index contributed by atoms with van der Waals surface area (Å²) in [4.78, 5) is 12.1. The van der Waals surface area contributed by atoms with E-state index in [9.17, 15) is 9.18 Å². The van der Waals surface area contributed by atoms with Crippen molar-refractivity contribution in [2.75, 3.05) is 6.61 Å². The highest BCUT2D eigenvalue weighted by atomic mass is 19.1. The summed E-state index contributed by atoms with van der Waals surface area (Å²) in [6, 6.07) is 6.08. The maximum absolute atomic E-state index is 12.7. The third kappa shape index (κ3) is 3.37. The molecule has 1 aliphatic carbocycles. The summed E-state index contributed by atoms with van der Waals surface area (Å²) in [5, 5.41) is 0. The van der Waals surface area contributed by atoms with Crippen molar-refractivity contribution in [3.63, 3.8) is 0 Å². The Kier molecular flexibility index (Phi) is 3.89. The number of ketones is 1. The molecule has 1 saturated carbocycles. The molecule has 2 rings (SSSR count). The van der Waals surface area contributed by atoms with E-state index in [1.165, 1.54) is 12.1 Å². The molecular weight excluding hydrogens is 219 g/mol. The van der Waals surface area contributed by atoms with E-state index >= 15 is 0 Å². The molecule has 0 heterocycles. The van der Waals surface area contributed by atoms with E-state index in [0.717, 1.165) is 18.4 Å². The highest BCUT2D eigenvalue weighted by molar-refractivity contribution is 5.85. The van der Waals surface area contributed by atoms with E-state index in [0.29, 0.717) is 18.9 Å². The van der Waals surface area contributed by atoms with Gasteiger partial charge in [0, 0.05) is 13.0 Å². The molecule has 1 aliphatic rings. The smallest absolute Gasteiger partial charge is 0.166 e. The van der Waals surface area contributed by atoms with E-state index < -0.39 is 0 Å². The molecule has 0 amide bonds. The van der Waals surface area contributed by atoms with Gasteiger partial charge in [-0.15, -0.1) is 0 Å². The van der Waals surface area contributed by atoms with E-state index in [4.69, 9.17) is 4.74 Å². The van der Waals surface area contributed by atoms with Crippen LogP contribution in [0.1, 0.15) is 25.3 Å². The third-order valence-electron chi connectivity index (χ3n) is 3.01. The van der Waals surface area contributed by atoms with Gasteiger partial charge in [0.05, 0.1) is 0 Å². The van der Waals surface area contributed by atoms with Crippen LogP contribution in [0, 0.1) is 11.7 Å². The van der Waals surface area contributed by atoms with Gasteiger partial charge in [-0.25, -0.2) is 4.39 Å². The van der Waals surface area contributed by atoms with Crippen molar-refractivity contribution in [1.82, 2.24) is 0 Å². The van der Waals surface area contributed by atoms with Crippen LogP contribution in [0.15, 0.2) is 24.3 Å². The second-order valence-electron chi connectivity index (χ2n) is 4.48. The van der Waals surface area contributed by atoms with Gasteiger partial charge < -0.3 is 4.74 Å². The molecule has 1 fully saturated rings. The van der Waals surface area contributed by atoms with Crippen LogP contribution in [0.3, 0.4) is 0 Å². The summed E-state index contributed by atoms with van der Waals surface area (Å²) >= 11 is 0. The molecule has 0 radical (unpaired) electrons. The minimum absolute atomic E-state index is 0.112. The number of hydrogen-bond acceptors (Lipinski definition) is 2. The van der Waals surface area contributed by atoms with Crippen molar-refractivity contribution in [2.45, 2.75) is 32.3 Å². The summed E-state index contributed by atoms with van der Waals surface area (Å²) < 4.78 is 18.2. The molecule has 3 heteroatoms. The number of benzene rings is 1. The molecule has 2 nitrogen and oxygen atoms in total. The first-order valence-electron chi connectivity index (χ1n) is 6.09. The van der Waals surface area contributed by atoms with E-state index in [-0.39, 0.29) is 17.7 Å². The van der Waals surface area contributed by atoms with E-state index in [2.05, 4.69) is 0 Å². The van der Waals surface area contributed by atoms with Crippen LogP contribution in [0.2, 0.25) is 0 Å². The molecule has 0 spiro atoms. The summed E-state index contributed by atoms with van der Waals surface area (Å²) in [6.07, 6.45) is 2.24. The number of hydrogen-bond donors (Lipinski definition) is 0. The Hall–Kier alpha value is -1.22. The second kappa shape index (κ2) is 5.41. The highest BCUT2D eigenvalue weighted by Gasteiger charge is 2.36. The van der Waals surface area contributed by atoms with Gasteiger partial charge in [0.25, 0.3) is 0 Å². The van der Waals surface area contributed by atoms with Gasteiger partial charge in [-0.3, -0.25) is 4.79 Å². The molecule has 0 N–H and O–H groups in total. The monoisotopic (exact) mass is 236 g/mol. The largest absolute Gasteiger partial charge is 0.370 e. The van der Waals surface area contributed by atoms with Gasteiger partial charge in [-0.2, -0.15) is 0 Å². The fourth-order valence-electron chi connectivity index (χ4n) is 1.97. The minimum atomic E-state index is -0.273. The molecule has 1 atom stereocenters. The first kappa shape index (κ1) is 12.2. The average Bonchev–Trinajstić information content (AvgIpc) is 3.13. The Morgan fingerprint density at radius 2 is 2.06 bits per heavy atom. The van der Waals surface area contributed by atoms with Crippen molar-refractivity contribution in [2.24, 2.45) is 5.92 Å². The fourth-order valence-corrected chi connectivity index (χ4v) is 1.97. The molecule has 17 heavy (non-hydrogen) atoms. The number of Topliss-reactive ketones (excluding diaryl/α,β-unsaturated/α-hetero) is 1. The summed E-state index contributed by atoms with van der Waals surface area (Å²) in [5.41, 5.74) is 0.849. The van der Waals surface area contributed by atoms with Crippen molar-refractivity contribution < 1.29 is 13.9 Å². The van der Waals surface area contributed by atoms with Crippen LogP contribution < -0.4 is 0 Å². The molecule has 0 bridgehead atoms. The molecule has 1 unspecified atom stereocenters. The maximum atomic E-state index is 12.7. The average molecular weight is 236 g/mol. The molecule has 1 aromatic carbocycles. The van der Waals surface area contributed by atoms with Crippen LogP contribution in [0.5, 0.6) is 0 Å². The molecule has 1 aromatic rings. The van der Waals surface area contributed by atoms with Crippen molar-refractivity contribution >= 4 is 5.78 Å². The summed E-state index contributed by atoms with van der Waals surface area (Å²) in [6.45, 7) is 2.47. The lowest BCUT2D eigenvalue weighted by Crippen LogP contribution is -2.28. The Bertz CT molecular complexity index is 382. The standard InChI is InChI=1S/C14H17FO2/c1-2-17-14(11-5-6-11)13(16)9-10-3-7-12(15)8-4-10/h3-4,7-8,11,14H,2,5-6,9H2,1H3. The molecule has 0 aliphatic heterocycles. The lowest BCUT2D eigenvalue weighted by molar-refractivity contribution is -0.130. The second-order valence-corrected chi connectivity index (χ2v) is 4.48. The zero-order valence-corrected chi connectivity index (χ0v) is 9.99. The predicted molar refractivity (Wildman–Crippen MR) is 63.2 cm³/mol. The predicted octanol–water partition coefficient (Wildman–Crippen LogP) is 2.75. The Balaban J connectivity index is 1.96. The first-order valence-corrected chi connectivity index (χ1v) is 6.09. The summed E-state index contributed by atoms with van der Waals surface area (Å²) in [5.74, 6) is 0.244. The topological polar surface area (TPSA) is 26.3 Å². The van der Waals surface area contributed by atoms with Gasteiger partial charge >= 0.3 is 0 Å². The zero-order chi connectivity index (χ0) is 12.3. The van der Waals surface area contributed by atoms with E-state index in [1.807, 2.05) is 6.92 Å². The number of ether oxygens (including phenoxy) is 1. The molecule has 92 valence electrons. The normalized spacial score (nSPS) is 16.8. The lowest BCUT2D eigenvalue weighted by atomic mass is 10.0. The Morgan fingerprint density at radius 1 is 1.41 bits per heavy atom. The zero-order valence-electron chi connectivity index (χ0n) is 9.99. The SMILES string of the molecule is CCOC(C(=O)Cc1ccc(F)cc1)C1CC1. The van der Waals surface area contributed by atoms with Crippen molar-refractivity contribution in [1.29, 1.82) is 0 Å². The van der Waals surface area contributed by atoms with E-state index in [1.54, 1.807) is 12.1 Å². The molecular formula is C14H17FO2. The van der Waals surface area contributed by atoms with Gasteiger partial charge in [-0.05, 0) is 43.4 Å². The number of carbonyl (C=O) groups is 1. The Morgan fingerprint density at radius 3 is 2.59 bits per heavy atom. The van der Waals surface area contributed by atoms with Gasteiger partial charge in [-0.1, -0.05) is 12.1 Å².